The molecule has 0 aromatic heterocycles. The lowest BCUT2D eigenvalue weighted by Gasteiger charge is -2.15. The minimum absolute atomic E-state index is 0.634. The standard InChI is InChI=1S/C15H15BrO2/c1-10-9-11(7-8-14(10)18-2)15(17)12-5-3-4-6-13(12)16/h3-9,15,17H,1-2H3/t15-/m0/s1. The largest absolute Gasteiger partial charge is 0.496 e. The van der Waals surface area contributed by atoms with Crippen molar-refractivity contribution in [1.29, 1.82) is 0 Å². The van der Waals surface area contributed by atoms with Crippen molar-refractivity contribution in [1.82, 2.24) is 0 Å². The van der Waals surface area contributed by atoms with Crippen LogP contribution in [0.15, 0.2) is 46.9 Å². The first-order valence-electron chi connectivity index (χ1n) is 5.70. The highest BCUT2D eigenvalue weighted by Gasteiger charge is 2.14. The van der Waals surface area contributed by atoms with Crippen LogP contribution in [0.3, 0.4) is 0 Å². The Labute approximate surface area is 115 Å². The SMILES string of the molecule is COc1ccc([C@H](O)c2ccccc2Br)cc1C. The van der Waals surface area contributed by atoms with Crippen LogP contribution in [0.1, 0.15) is 22.8 Å². The molecular weight excluding hydrogens is 292 g/mol. The van der Waals surface area contributed by atoms with E-state index in [1.807, 2.05) is 49.4 Å². The number of aryl methyl sites for hydroxylation is 1. The highest BCUT2D eigenvalue weighted by Crippen LogP contribution is 2.30. The summed E-state index contributed by atoms with van der Waals surface area (Å²) in [5, 5.41) is 10.4. The smallest absolute Gasteiger partial charge is 0.121 e. The van der Waals surface area contributed by atoms with Crippen molar-refractivity contribution >= 4 is 15.9 Å². The van der Waals surface area contributed by atoms with Gasteiger partial charge in [-0.1, -0.05) is 40.2 Å². The van der Waals surface area contributed by atoms with E-state index in [-0.39, 0.29) is 0 Å². The van der Waals surface area contributed by atoms with Gasteiger partial charge in [0.05, 0.1) is 7.11 Å². The predicted octanol–water partition coefficient (Wildman–Crippen LogP) is 3.85. The van der Waals surface area contributed by atoms with E-state index in [0.29, 0.717) is 0 Å². The Morgan fingerprint density at radius 1 is 1.17 bits per heavy atom. The van der Waals surface area contributed by atoms with Crippen LogP contribution in [0.2, 0.25) is 0 Å². The number of rotatable bonds is 3. The molecule has 2 aromatic rings. The average molecular weight is 307 g/mol. The fourth-order valence-electron chi connectivity index (χ4n) is 1.95. The number of methoxy groups -OCH3 is 1. The molecule has 2 nitrogen and oxygen atoms in total. The third kappa shape index (κ3) is 2.57. The van der Waals surface area contributed by atoms with E-state index in [2.05, 4.69) is 15.9 Å². The van der Waals surface area contributed by atoms with Gasteiger partial charge in [0.1, 0.15) is 11.9 Å². The zero-order valence-corrected chi connectivity index (χ0v) is 11.9. The van der Waals surface area contributed by atoms with Crippen molar-refractivity contribution in [3.63, 3.8) is 0 Å². The van der Waals surface area contributed by atoms with Gasteiger partial charge >= 0.3 is 0 Å². The Hall–Kier alpha value is -1.32. The zero-order chi connectivity index (χ0) is 13.1. The number of hydrogen-bond donors (Lipinski definition) is 1. The van der Waals surface area contributed by atoms with Gasteiger partial charge in [-0.2, -0.15) is 0 Å². The highest BCUT2D eigenvalue weighted by molar-refractivity contribution is 9.10. The van der Waals surface area contributed by atoms with Gasteiger partial charge in [-0.05, 0) is 41.8 Å². The second-order valence-corrected chi connectivity index (χ2v) is 5.01. The molecule has 0 aliphatic carbocycles. The van der Waals surface area contributed by atoms with Gasteiger partial charge in [0.15, 0.2) is 0 Å². The lowest BCUT2D eigenvalue weighted by atomic mass is 10.00. The van der Waals surface area contributed by atoms with Gasteiger partial charge < -0.3 is 9.84 Å². The Morgan fingerprint density at radius 2 is 1.89 bits per heavy atom. The number of halogens is 1. The van der Waals surface area contributed by atoms with Gasteiger partial charge in [0.25, 0.3) is 0 Å². The van der Waals surface area contributed by atoms with Crippen LogP contribution in [0, 0.1) is 6.92 Å². The van der Waals surface area contributed by atoms with Gasteiger partial charge in [-0.15, -0.1) is 0 Å². The van der Waals surface area contributed by atoms with Crippen LogP contribution in [0.4, 0.5) is 0 Å². The van der Waals surface area contributed by atoms with E-state index in [1.165, 1.54) is 0 Å². The molecule has 3 heteroatoms. The third-order valence-electron chi connectivity index (χ3n) is 2.93. The summed E-state index contributed by atoms with van der Waals surface area (Å²) >= 11 is 3.46. The molecule has 0 saturated heterocycles. The molecule has 0 heterocycles. The van der Waals surface area contributed by atoms with Gasteiger partial charge in [0, 0.05) is 4.47 Å². The van der Waals surface area contributed by atoms with Gasteiger partial charge in [-0.3, -0.25) is 0 Å². The zero-order valence-electron chi connectivity index (χ0n) is 10.4. The summed E-state index contributed by atoms with van der Waals surface area (Å²) in [7, 11) is 1.65. The van der Waals surface area contributed by atoms with E-state index in [0.717, 1.165) is 26.9 Å². The second-order valence-electron chi connectivity index (χ2n) is 4.15. The fourth-order valence-corrected chi connectivity index (χ4v) is 2.45. The summed E-state index contributed by atoms with van der Waals surface area (Å²) in [5.74, 6) is 0.832. The normalized spacial score (nSPS) is 12.2. The van der Waals surface area contributed by atoms with E-state index in [1.54, 1.807) is 7.11 Å². The van der Waals surface area contributed by atoms with Gasteiger partial charge in [0.2, 0.25) is 0 Å². The van der Waals surface area contributed by atoms with Crippen LogP contribution < -0.4 is 4.74 Å². The summed E-state index contributed by atoms with van der Waals surface area (Å²) in [6.45, 7) is 1.97. The maximum absolute atomic E-state index is 10.4. The van der Waals surface area contributed by atoms with E-state index >= 15 is 0 Å². The molecule has 0 radical (unpaired) electrons. The van der Waals surface area contributed by atoms with Crippen molar-refractivity contribution in [3.05, 3.63) is 63.6 Å². The number of benzene rings is 2. The van der Waals surface area contributed by atoms with Crippen molar-refractivity contribution in [3.8, 4) is 5.75 Å². The fraction of sp³-hybridized carbons (Fsp3) is 0.200. The molecule has 1 atom stereocenters. The number of ether oxygens (including phenoxy) is 1. The maximum atomic E-state index is 10.4. The number of aliphatic hydroxyl groups excluding tert-OH is 1. The van der Waals surface area contributed by atoms with Crippen LogP contribution in [-0.2, 0) is 0 Å². The molecule has 0 spiro atoms. The Bertz CT molecular complexity index is 552. The topological polar surface area (TPSA) is 29.5 Å². The predicted molar refractivity (Wildman–Crippen MR) is 75.9 cm³/mol. The Balaban J connectivity index is 2.37. The van der Waals surface area contributed by atoms with E-state index in [9.17, 15) is 5.11 Å². The second kappa shape index (κ2) is 5.55. The molecule has 1 N–H and O–H groups in total. The summed E-state index contributed by atoms with van der Waals surface area (Å²) in [6, 6.07) is 13.4. The molecule has 0 fully saturated rings. The molecule has 0 saturated carbocycles. The first-order valence-corrected chi connectivity index (χ1v) is 6.50. The first-order chi connectivity index (χ1) is 8.63. The Morgan fingerprint density at radius 3 is 2.50 bits per heavy atom. The van der Waals surface area contributed by atoms with Crippen molar-refractivity contribution < 1.29 is 9.84 Å². The summed E-state index contributed by atoms with van der Waals surface area (Å²) in [4.78, 5) is 0. The van der Waals surface area contributed by atoms with Crippen LogP contribution in [0.25, 0.3) is 0 Å². The highest BCUT2D eigenvalue weighted by atomic mass is 79.9. The molecule has 0 unspecified atom stereocenters. The van der Waals surface area contributed by atoms with E-state index in [4.69, 9.17) is 4.74 Å². The lowest BCUT2D eigenvalue weighted by Crippen LogP contribution is -2.01. The molecule has 0 aliphatic heterocycles. The first kappa shape index (κ1) is 13.1. The molecular formula is C15H15BrO2. The lowest BCUT2D eigenvalue weighted by molar-refractivity contribution is 0.219. The summed E-state index contributed by atoms with van der Waals surface area (Å²) in [5.41, 5.74) is 2.74. The molecule has 2 rings (SSSR count). The minimum atomic E-state index is -0.634. The van der Waals surface area contributed by atoms with Gasteiger partial charge in [-0.25, -0.2) is 0 Å². The van der Waals surface area contributed by atoms with Crippen LogP contribution in [0.5, 0.6) is 5.75 Å². The van der Waals surface area contributed by atoms with Crippen LogP contribution >= 0.6 is 15.9 Å². The van der Waals surface area contributed by atoms with E-state index < -0.39 is 6.10 Å². The minimum Gasteiger partial charge on any atom is -0.496 e. The van der Waals surface area contributed by atoms with Crippen molar-refractivity contribution in [2.24, 2.45) is 0 Å². The monoisotopic (exact) mass is 306 g/mol. The number of hydrogen-bond acceptors (Lipinski definition) is 2. The molecule has 94 valence electrons. The molecule has 18 heavy (non-hydrogen) atoms. The molecule has 0 amide bonds. The molecule has 0 aliphatic rings. The molecule has 0 bridgehead atoms. The summed E-state index contributed by atoms with van der Waals surface area (Å²) < 4.78 is 6.13. The number of aliphatic hydroxyl groups is 1. The van der Waals surface area contributed by atoms with Crippen molar-refractivity contribution in [2.45, 2.75) is 13.0 Å². The quantitative estimate of drug-likeness (QED) is 0.933. The average Bonchev–Trinajstić information content (AvgIpc) is 2.38. The summed E-state index contributed by atoms with van der Waals surface area (Å²) in [6.07, 6.45) is -0.634. The molecule has 2 aromatic carbocycles. The third-order valence-corrected chi connectivity index (χ3v) is 3.66. The van der Waals surface area contributed by atoms with Crippen LogP contribution in [-0.4, -0.2) is 12.2 Å². The maximum Gasteiger partial charge on any atom is 0.121 e. The van der Waals surface area contributed by atoms with Crippen molar-refractivity contribution in [2.75, 3.05) is 7.11 Å². The Kier molecular flexibility index (Phi) is 4.04.